The van der Waals surface area contributed by atoms with Crippen LogP contribution in [-0.4, -0.2) is 38.2 Å². The zero-order chi connectivity index (χ0) is 28.1. The van der Waals surface area contributed by atoms with Crippen molar-refractivity contribution in [2.45, 2.75) is 11.4 Å². The Hall–Kier alpha value is -4.89. The molecule has 5 rings (SSSR count). The van der Waals surface area contributed by atoms with Crippen molar-refractivity contribution in [3.05, 3.63) is 132 Å². The predicted molar refractivity (Wildman–Crippen MR) is 148 cm³/mol. The first kappa shape index (κ1) is 26.7. The topological polar surface area (TPSA) is 99.2 Å². The van der Waals surface area contributed by atoms with E-state index in [1.165, 1.54) is 12.1 Å². The number of hydrogen-bond donors (Lipinski definition) is 0. The number of fused-ring (bicyclic) bond motifs is 1. The third-order valence-electron chi connectivity index (χ3n) is 6.22. The molecule has 4 aromatic carbocycles. The van der Waals surface area contributed by atoms with Crippen LogP contribution in [0.3, 0.4) is 0 Å². The maximum Gasteiger partial charge on any atom is 0.349 e. The Bertz CT molecular complexity index is 1670. The molecule has 202 valence electrons. The number of ketones is 1. The summed E-state index contributed by atoms with van der Waals surface area (Å²) in [4.78, 5) is 26.9. The van der Waals surface area contributed by atoms with Crippen LogP contribution in [0.25, 0.3) is 5.76 Å². The molecule has 0 aromatic heterocycles. The third-order valence-corrected chi connectivity index (χ3v) is 8.02. The molecule has 0 saturated carbocycles. The molecule has 40 heavy (non-hydrogen) atoms. The number of carbonyl (C=O) groups is 2. The third kappa shape index (κ3) is 5.45. The number of benzene rings is 4. The summed E-state index contributed by atoms with van der Waals surface area (Å²) in [5.41, 5.74) is 0.751. The summed E-state index contributed by atoms with van der Waals surface area (Å²) in [5, 5.41) is 0. The number of allylic oxidation sites excluding steroid dienone is 1. The lowest BCUT2D eigenvalue weighted by Crippen LogP contribution is -2.38. The van der Waals surface area contributed by atoms with Crippen LogP contribution in [0.4, 0.5) is 0 Å². The quantitative estimate of drug-likeness (QED) is 0.210. The molecule has 0 fully saturated rings. The Labute approximate surface area is 232 Å². The molecule has 0 unspecified atom stereocenters. The summed E-state index contributed by atoms with van der Waals surface area (Å²) in [6, 6.07) is 29.9. The second-order valence-electron chi connectivity index (χ2n) is 8.80. The van der Waals surface area contributed by atoms with Gasteiger partial charge in [0.15, 0.2) is 12.4 Å². The molecule has 0 amide bonds. The molecule has 8 nitrogen and oxygen atoms in total. The standard InChI is InChI=1S/C31H25NO7S/c1-37-24-16-18-25(19-17-24)38-21-28(33)39-31-26-14-8-9-15-27(26)40(35,36)32(20-22-10-4-2-5-11-22)29(31)30(34)23-12-6-3-7-13-23/h2-19H,20-21H2,1H3. The van der Waals surface area contributed by atoms with Gasteiger partial charge < -0.3 is 14.2 Å². The van der Waals surface area contributed by atoms with Gasteiger partial charge >= 0.3 is 5.97 Å². The fourth-order valence-electron chi connectivity index (χ4n) is 4.28. The van der Waals surface area contributed by atoms with E-state index in [2.05, 4.69) is 0 Å². The molecule has 0 N–H and O–H groups in total. The Morgan fingerprint density at radius 2 is 1.35 bits per heavy atom. The maximum absolute atomic E-state index is 13.9. The molecule has 0 aliphatic carbocycles. The maximum atomic E-state index is 13.9. The molecular weight excluding hydrogens is 530 g/mol. The van der Waals surface area contributed by atoms with Gasteiger partial charge in [0, 0.05) is 11.1 Å². The van der Waals surface area contributed by atoms with Crippen molar-refractivity contribution in [1.29, 1.82) is 0 Å². The van der Waals surface area contributed by atoms with E-state index in [1.807, 2.05) is 6.07 Å². The number of methoxy groups -OCH3 is 1. The van der Waals surface area contributed by atoms with Crippen LogP contribution < -0.4 is 9.47 Å². The zero-order valence-corrected chi connectivity index (χ0v) is 22.3. The van der Waals surface area contributed by atoms with Crippen LogP contribution in [-0.2, 0) is 26.1 Å². The summed E-state index contributed by atoms with van der Waals surface area (Å²) in [7, 11) is -2.65. The van der Waals surface area contributed by atoms with E-state index in [4.69, 9.17) is 14.2 Å². The summed E-state index contributed by atoms with van der Waals surface area (Å²) in [6.45, 7) is -0.620. The van der Waals surface area contributed by atoms with E-state index in [0.717, 1.165) is 4.31 Å². The van der Waals surface area contributed by atoms with Crippen LogP contribution in [0.2, 0.25) is 0 Å². The van der Waals surface area contributed by atoms with Gasteiger partial charge in [0.05, 0.1) is 18.6 Å². The first-order valence-electron chi connectivity index (χ1n) is 12.4. The van der Waals surface area contributed by atoms with Crippen LogP contribution >= 0.6 is 0 Å². The highest BCUT2D eigenvalue weighted by molar-refractivity contribution is 7.89. The molecular formula is C31H25NO7S. The van der Waals surface area contributed by atoms with E-state index in [1.54, 1.807) is 98.1 Å². The highest BCUT2D eigenvalue weighted by Crippen LogP contribution is 2.39. The van der Waals surface area contributed by atoms with Crippen molar-refractivity contribution in [3.63, 3.8) is 0 Å². The van der Waals surface area contributed by atoms with Crippen LogP contribution in [0.5, 0.6) is 11.5 Å². The van der Waals surface area contributed by atoms with Gasteiger partial charge in [0.25, 0.3) is 10.0 Å². The summed E-state index contributed by atoms with van der Waals surface area (Å²) < 4.78 is 45.3. The molecule has 1 heterocycles. The number of carbonyl (C=O) groups excluding carboxylic acids is 2. The smallest absolute Gasteiger partial charge is 0.349 e. The first-order valence-corrected chi connectivity index (χ1v) is 13.8. The number of sulfonamides is 1. The number of esters is 1. The summed E-state index contributed by atoms with van der Waals surface area (Å²) in [6.07, 6.45) is 0. The van der Waals surface area contributed by atoms with Crippen molar-refractivity contribution in [1.82, 2.24) is 4.31 Å². The molecule has 0 radical (unpaired) electrons. The molecule has 0 bridgehead atoms. The Kier molecular flexibility index (Phi) is 7.65. The number of nitrogens with zero attached hydrogens (tertiary/aromatic N) is 1. The van der Waals surface area contributed by atoms with Crippen molar-refractivity contribution in [2.24, 2.45) is 0 Å². The molecule has 0 saturated heterocycles. The largest absolute Gasteiger partial charge is 0.497 e. The van der Waals surface area contributed by atoms with Crippen LogP contribution in [0.15, 0.2) is 120 Å². The second-order valence-corrected chi connectivity index (χ2v) is 10.6. The SMILES string of the molecule is COc1ccc(OCC(=O)OC2=C(C(=O)c3ccccc3)N(Cc3ccccc3)S(=O)(=O)c3ccccc32)cc1. The Balaban J connectivity index is 1.58. The Morgan fingerprint density at radius 3 is 2.02 bits per heavy atom. The van der Waals surface area contributed by atoms with Gasteiger partial charge in [-0.05, 0) is 42.0 Å². The van der Waals surface area contributed by atoms with Crippen LogP contribution in [0.1, 0.15) is 21.5 Å². The highest BCUT2D eigenvalue weighted by Gasteiger charge is 2.41. The molecule has 0 atom stereocenters. The zero-order valence-electron chi connectivity index (χ0n) is 21.5. The molecule has 9 heteroatoms. The lowest BCUT2D eigenvalue weighted by Gasteiger charge is -2.33. The average Bonchev–Trinajstić information content (AvgIpc) is 2.99. The van der Waals surface area contributed by atoms with Crippen LogP contribution in [0, 0.1) is 0 Å². The van der Waals surface area contributed by atoms with E-state index in [9.17, 15) is 18.0 Å². The minimum absolute atomic E-state index is 0.0746. The summed E-state index contributed by atoms with van der Waals surface area (Å²) in [5.74, 6) is -0.530. The minimum atomic E-state index is -4.19. The number of rotatable bonds is 9. The Morgan fingerprint density at radius 1 is 0.750 bits per heavy atom. The second kappa shape index (κ2) is 11.5. The molecule has 1 aliphatic rings. The first-order chi connectivity index (χ1) is 19.4. The van der Waals surface area contributed by atoms with Gasteiger partial charge in [-0.15, -0.1) is 0 Å². The molecule has 0 spiro atoms. The van der Waals surface area contributed by atoms with E-state index < -0.39 is 28.4 Å². The van der Waals surface area contributed by atoms with E-state index >= 15 is 0 Å². The fraction of sp³-hybridized carbons (Fsp3) is 0.0968. The van der Waals surface area contributed by atoms with Gasteiger partial charge in [-0.25, -0.2) is 13.2 Å². The number of hydrogen-bond acceptors (Lipinski definition) is 7. The van der Waals surface area contributed by atoms with E-state index in [-0.39, 0.29) is 34.0 Å². The highest BCUT2D eigenvalue weighted by atomic mass is 32.2. The average molecular weight is 556 g/mol. The molecule has 4 aromatic rings. The monoisotopic (exact) mass is 555 g/mol. The minimum Gasteiger partial charge on any atom is -0.497 e. The predicted octanol–water partition coefficient (Wildman–Crippen LogP) is 5.07. The lowest BCUT2D eigenvalue weighted by atomic mass is 10.0. The number of Topliss-reactive ketones (excluding diaryl/α,β-unsaturated/α-hetero) is 1. The number of ether oxygens (including phenoxy) is 3. The molecule has 1 aliphatic heterocycles. The lowest BCUT2D eigenvalue weighted by molar-refractivity contribution is -0.139. The van der Waals surface area contributed by atoms with Gasteiger partial charge in [-0.3, -0.25) is 9.10 Å². The van der Waals surface area contributed by atoms with Gasteiger partial charge in [-0.2, -0.15) is 0 Å². The van der Waals surface area contributed by atoms with Gasteiger partial charge in [-0.1, -0.05) is 72.8 Å². The summed E-state index contributed by atoms with van der Waals surface area (Å²) >= 11 is 0. The van der Waals surface area contributed by atoms with Crippen molar-refractivity contribution < 1.29 is 32.2 Å². The fourth-order valence-corrected chi connectivity index (χ4v) is 5.93. The van der Waals surface area contributed by atoms with E-state index in [0.29, 0.717) is 17.1 Å². The van der Waals surface area contributed by atoms with Crippen molar-refractivity contribution in [2.75, 3.05) is 13.7 Å². The van der Waals surface area contributed by atoms with Gasteiger partial charge in [0.2, 0.25) is 5.78 Å². The van der Waals surface area contributed by atoms with Gasteiger partial charge in [0.1, 0.15) is 17.2 Å². The van der Waals surface area contributed by atoms with Crippen molar-refractivity contribution >= 4 is 27.5 Å². The van der Waals surface area contributed by atoms with Crippen molar-refractivity contribution in [3.8, 4) is 11.5 Å². The normalized spacial score (nSPS) is 13.8.